The van der Waals surface area contributed by atoms with Gasteiger partial charge in [0.2, 0.25) is 0 Å². The highest BCUT2D eigenvalue weighted by Gasteiger charge is 2.41. The molecule has 0 aliphatic carbocycles. The van der Waals surface area contributed by atoms with Crippen molar-refractivity contribution in [3.8, 4) is 0 Å². The molecule has 3 heteroatoms. The lowest BCUT2D eigenvalue weighted by Gasteiger charge is -2.39. The summed E-state index contributed by atoms with van der Waals surface area (Å²) in [5.41, 5.74) is 4.19. The van der Waals surface area contributed by atoms with Gasteiger partial charge in [-0.25, -0.2) is 4.39 Å². The molecule has 3 atom stereocenters. The fourth-order valence-electron chi connectivity index (χ4n) is 4.27. The van der Waals surface area contributed by atoms with Gasteiger partial charge in [-0.2, -0.15) is 0 Å². The van der Waals surface area contributed by atoms with Crippen LogP contribution >= 0.6 is 11.8 Å². The van der Waals surface area contributed by atoms with E-state index in [-0.39, 0.29) is 12.7 Å². The van der Waals surface area contributed by atoms with E-state index < -0.39 is 0 Å². The van der Waals surface area contributed by atoms with Crippen molar-refractivity contribution in [1.29, 1.82) is 0 Å². The fraction of sp³-hybridized carbons (Fsp3) is 0.400. The number of alkyl halides is 1. The molecule has 0 saturated carbocycles. The first-order valence-electron chi connectivity index (χ1n) is 8.36. The Hall–Kier alpha value is -1.32. The largest absolute Gasteiger partial charge is 0.290 e. The molecule has 0 spiro atoms. The standard InChI is InChI=1S/C20H22FNS/c1-23-16-9-6-14(7-10-16)19-13-22-15(12-21)8-11-20(22)18-5-3-2-4-17(18)19/h2-7,9-10,15,19-20H,8,11-13H2,1H3/t15?,19-,20+/m0/s1/i21-1. The molecule has 0 aromatic heterocycles. The second-order valence-electron chi connectivity index (χ2n) is 6.55. The van der Waals surface area contributed by atoms with Crippen LogP contribution in [0.3, 0.4) is 0 Å². The molecule has 0 radical (unpaired) electrons. The number of hydrogen-bond acceptors (Lipinski definition) is 2. The van der Waals surface area contributed by atoms with Gasteiger partial charge in [0.05, 0.1) is 0 Å². The van der Waals surface area contributed by atoms with Gasteiger partial charge in [-0.05, 0) is 47.9 Å². The van der Waals surface area contributed by atoms with Gasteiger partial charge < -0.3 is 0 Å². The van der Waals surface area contributed by atoms with Gasteiger partial charge >= 0.3 is 0 Å². The number of hydrogen-bond donors (Lipinski definition) is 0. The Morgan fingerprint density at radius 1 is 1.04 bits per heavy atom. The Bertz CT molecular complexity index is 684. The quantitative estimate of drug-likeness (QED) is 0.728. The average molecular weight is 326 g/mol. The Morgan fingerprint density at radius 3 is 2.48 bits per heavy atom. The minimum absolute atomic E-state index is 0.0985. The first-order valence-corrected chi connectivity index (χ1v) is 9.58. The van der Waals surface area contributed by atoms with E-state index in [9.17, 15) is 4.39 Å². The van der Waals surface area contributed by atoms with Crippen LogP contribution < -0.4 is 0 Å². The van der Waals surface area contributed by atoms with Crippen molar-refractivity contribution in [1.82, 2.24) is 4.90 Å². The molecule has 1 fully saturated rings. The van der Waals surface area contributed by atoms with Crippen LogP contribution in [-0.4, -0.2) is 30.4 Å². The summed E-state index contributed by atoms with van der Waals surface area (Å²) in [7, 11) is 0. The van der Waals surface area contributed by atoms with E-state index in [4.69, 9.17) is 0 Å². The lowest BCUT2D eigenvalue weighted by molar-refractivity contribution is 0.150. The van der Waals surface area contributed by atoms with Crippen LogP contribution in [0, 0.1) is 0 Å². The zero-order valence-corrected chi connectivity index (χ0v) is 14.2. The van der Waals surface area contributed by atoms with E-state index in [2.05, 4.69) is 59.7 Å². The summed E-state index contributed by atoms with van der Waals surface area (Å²) >= 11 is 1.77. The summed E-state index contributed by atoms with van der Waals surface area (Å²) in [6.07, 6.45) is 4.17. The molecule has 1 saturated heterocycles. The predicted octanol–water partition coefficient (Wildman–Crippen LogP) is 5.03. The molecular weight excluding hydrogens is 304 g/mol. The maximum Gasteiger partial charge on any atom is 0.105 e. The van der Waals surface area contributed by atoms with E-state index in [0.29, 0.717) is 12.0 Å². The Labute approximate surface area is 141 Å². The normalized spacial score (nSPS) is 26.8. The van der Waals surface area contributed by atoms with E-state index >= 15 is 0 Å². The molecule has 4 rings (SSSR count). The van der Waals surface area contributed by atoms with Crippen molar-refractivity contribution in [3.63, 3.8) is 0 Å². The molecule has 0 amide bonds. The maximum absolute atomic E-state index is 13.4. The number of thioether (sulfide) groups is 1. The van der Waals surface area contributed by atoms with Crippen molar-refractivity contribution in [2.45, 2.75) is 35.7 Å². The SMILES string of the molecule is CSc1ccc([C@@H]2CN3C(C[18F])CC[C@@H]3c3ccccc32)cc1. The summed E-state index contributed by atoms with van der Waals surface area (Å²) in [6.45, 7) is 0.714. The monoisotopic (exact) mass is 326 g/mol. The van der Waals surface area contributed by atoms with E-state index in [0.717, 1.165) is 19.4 Å². The Morgan fingerprint density at radius 2 is 1.78 bits per heavy atom. The molecule has 0 bridgehead atoms. The average Bonchev–Trinajstić information content (AvgIpc) is 3.04. The van der Waals surface area contributed by atoms with Crippen LogP contribution in [0.5, 0.6) is 0 Å². The van der Waals surface area contributed by atoms with Gasteiger partial charge in [-0.1, -0.05) is 36.4 Å². The van der Waals surface area contributed by atoms with Gasteiger partial charge in [0, 0.05) is 29.4 Å². The molecule has 2 aliphatic rings. The van der Waals surface area contributed by atoms with Crippen LogP contribution in [0.15, 0.2) is 53.4 Å². The van der Waals surface area contributed by atoms with E-state index in [1.165, 1.54) is 21.6 Å². The molecule has 0 N–H and O–H groups in total. The zero-order valence-electron chi connectivity index (χ0n) is 13.4. The van der Waals surface area contributed by atoms with Crippen molar-refractivity contribution in [2.24, 2.45) is 0 Å². The highest BCUT2D eigenvalue weighted by molar-refractivity contribution is 7.98. The molecule has 23 heavy (non-hydrogen) atoms. The second-order valence-corrected chi connectivity index (χ2v) is 7.43. The molecule has 1 nitrogen and oxygen atoms in total. The molecule has 2 aliphatic heterocycles. The molecule has 2 aromatic rings. The number of nitrogens with zero attached hydrogens (tertiary/aromatic N) is 1. The van der Waals surface area contributed by atoms with Crippen LogP contribution in [0.2, 0.25) is 0 Å². The summed E-state index contributed by atoms with van der Waals surface area (Å²) in [6, 6.07) is 18.2. The molecular formula is C20H22FNS. The minimum Gasteiger partial charge on any atom is -0.290 e. The van der Waals surface area contributed by atoms with Crippen molar-refractivity contribution in [2.75, 3.05) is 19.5 Å². The smallest absolute Gasteiger partial charge is 0.105 e. The highest BCUT2D eigenvalue weighted by Crippen LogP contribution is 2.46. The first kappa shape index (κ1) is 15.2. The number of benzene rings is 2. The third kappa shape index (κ3) is 2.60. The molecule has 2 heterocycles. The van der Waals surface area contributed by atoms with Gasteiger partial charge in [0.1, 0.15) is 6.67 Å². The molecule has 2 aromatic carbocycles. The minimum atomic E-state index is -0.225. The maximum atomic E-state index is 13.4. The number of rotatable bonds is 3. The summed E-state index contributed by atoms with van der Waals surface area (Å²) in [5.74, 6) is 0.352. The third-order valence-corrected chi connectivity index (χ3v) is 6.21. The topological polar surface area (TPSA) is 3.24 Å². The predicted molar refractivity (Wildman–Crippen MR) is 95.0 cm³/mol. The fourth-order valence-corrected chi connectivity index (χ4v) is 4.68. The lowest BCUT2D eigenvalue weighted by Crippen LogP contribution is -2.40. The Kier molecular flexibility index (Phi) is 4.16. The van der Waals surface area contributed by atoms with E-state index in [1.54, 1.807) is 11.8 Å². The van der Waals surface area contributed by atoms with E-state index in [1.807, 2.05) is 0 Å². The van der Waals surface area contributed by atoms with Crippen molar-refractivity contribution >= 4 is 11.8 Å². The van der Waals surface area contributed by atoms with Gasteiger partial charge in [0.25, 0.3) is 0 Å². The summed E-state index contributed by atoms with van der Waals surface area (Å²) in [5, 5.41) is 0. The van der Waals surface area contributed by atoms with Gasteiger partial charge in [-0.3, -0.25) is 4.90 Å². The number of fused-ring (bicyclic) bond motifs is 3. The third-order valence-electron chi connectivity index (χ3n) is 5.46. The van der Waals surface area contributed by atoms with Crippen LogP contribution in [0.4, 0.5) is 4.39 Å². The molecule has 1 unspecified atom stereocenters. The van der Waals surface area contributed by atoms with Crippen molar-refractivity contribution < 1.29 is 4.39 Å². The highest BCUT2D eigenvalue weighted by atomic mass is 32.2. The lowest BCUT2D eigenvalue weighted by atomic mass is 9.81. The zero-order chi connectivity index (χ0) is 15.8. The van der Waals surface area contributed by atoms with Crippen LogP contribution in [0.25, 0.3) is 0 Å². The van der Waals surface area contributed by atoms with Crippen molar-refractivity contribution in [3.05, 3.63) is 65.2 Å². The molecule has 120 valence electrons. The number of halogens is 1. The summed E-state index contributed by atoms with van der Waals surface area (Å²) < 4.78 is 13.4. The van der Waals surface area contributed by atoms with Gasteiger partial charge in [0.15, 0.2) is 0 Å². The van der Waals surface area contributed by atoms with Crippen LogP contribution in [-0.2, 0) is 0 Å². The summed E-state index contributed by atoms with van der Waals surface area (Å²) in [4.78, 5) is 3.70. The van der Waals surface area contributed by atoms with Gasteiger partial charge in [-0.15, -0.1) is 11.8 Å². The Balaban J connectivity index is 1.75. The van der Waals surface area contributed by atoms with Crippen LogP contribution in [0.1, 0.15) is 41.5 Å². The second kappa shape index (κ2) is 6.29. The first-order chi connectivity index (χ1) is 11.3.